The van der Waals surface area contributed by atoms with Crippen LogP contribution >= 0.6 is 11.6 Å². The summed E-state index contributed by atoms with van der Waals surface area (Å²) in [6.07, 6.45) is 0.803. The van der Waals surface area contributed by atoms with Gasteiger partial charge in [0.05, 0.1) is 6.04 Å². The van der Waals surface area contributed by atoms with Crippen LogP contribution in [-0.2, 0) is 6.42 Å². The maximum atomic E-state index is 5.90. The lowest BCUT2D eigenvalue weighted by molar-refractivity contribution is 0.482. The molecule has 1 aliphatic rings. The molecule has 0 fully saturated rings. The van der Waals surface area contributed by atoms with Crippen LogP contribution in [0.3, 0.4) is 0 Å². The number of ether oxygens (including phenoxy) is 1. The van der Waals surface area contributed by atoms with Crippen molar-refractivity contribution in [2.45, 2.75) is 19.4 Å². The fraction of sp³-hybridized carbons (Fsp3) is 0.136. The minimum atomic E-state index is 0.0451. The van der Waals surface area contributed by atoms with Crippen molar-refractivity contribution < 1.29 is 4.74 Å². The third-order valence-electron chi connectivity index (χ3n) is 4.53. The van der Waals surface area contributed by atoms with Gasteiger partial charge in [-0.3, -0.25) is 4.99 Å². The molecule has 5 heteroatoms. The van der Waals surface area contributed by atoms with Gasteiger partial charge in [0, 0.05) is 22.8 Å². The Balaban J connectivity index is 1.43. The van der Waals surface area contributed by atoms with Crippen molar-refractivity contribution in [1.29, 1.82) is 0 Å². The molecule has 0 spiro atoms. The van der Waals surface area contributed by atoms with E-state index in [4.69, 9.17) is 27.1 Å². The van der Waals surface area contributed by atoms with E-state index in [9.17, 15) is 0 Å². The van der Waals surface area contributed by atoms with Crippen molar-refractivity contribution in [2.24, 2.45) is 4.99 Å². The van der Waals surface area contributed by atoms with Crippen molar-refractivity contribution in [3.05, 3.63) is 82.9 Å². The molecule has 0 bridgehead atoms. The van der Waals surface area contributed by atoms with Gasteiger partial charge in [0.15, 0.2) is 0 Å². The van der Waals surface area contributed by atoms with E-state index in [0.717, 1.165) is 40.7 Å². The summed E-state index contributed by atoms with van der Waals surface area (Å²) in [5.41, 5.74) is 10.0. The van der Waals surface area contributed by atoms with Crippen LogP contribution in [0.4, 0.5) is 11.4 Å². The summed E-state index contributed by atoms with van der Waals surface area (Å²) in [5.74, 6) is 2.50. The Morgan fingerprint density at radius 2 is 1.67 bits per heavy atom. The molecule has 4 nitrogen and oxygen atoms in total. The van der Waals surface area contributed by atoms with Gasteiger partial charge in [-0.05, 0) is 66.6 Å². The number of benzene rings is 3. The quantitative estimate of drug-likeness (QED) is 0.561. The van der Waals surface area contributed by atoms with E-state index in [-0.39, 0.29) is 6.04 Å². The average Bonchev–Trinajstić information content (AvgIpc) is 3.05. The van der Waals surface area contributed by atoms with E-state index in [1.165, 1.54) is 5.56 Å². The van der Waals surface area contributed by atoms with E-state index < -0.39 is 0 Å². The van der Waals surface area contributed by atoms with Crippen LogP contribution in [0.25, 0.3) is 0 Å². The fourth-order valence-electron chi connectivity index (χ4n) is 3.08. The molecule has 1 heterocycles. The number of halogens is 1. The molecule has 0 radical (unpaired) electrons. The van der Waals surface area contributed by atoms with Crippen molar-refractivity contribution in [3.8, 4) is 11.5 Å². The van der Waals surface area contributed by atoms with Gasteiger partial charge in [-0.15, -0.1) is 0 Å². The summed E-state index contributed by atoms with van der Waals surface area (Å²) >= 11 is 5.90. The Morgan fingerprint density at radius 3 is 2.37 bits per heavy atom. The third kappa shape index (κ3) is 4.07. The molecule has 3 aromatic rings. The van der Waals surface area contributed by atoms with Gasteiger partial charge in [0.1, 0.15) is 17.3 Å². The highest BCUT2D eigenvalue weighted by molar-refractivity contribution is 6.30. The van der Waals surface area contributed by atoms with E-state index in [0.29, 0.717) is 5.02 Å². The highest BCUT2D eigenvalue weighted by Gasteiger charge is 2.17. The second-order valence-corrected chi connectivity index (χ2v) is 7.03. The Morgan fingerprint density at radius 1 is 1.00 bits per heavy atom. The number of nitrogen functional groups attached to an aromatic ring is 1. The predicted octanol–water partition coefficient (Wildman–Crippen LogP) is 5.84. The van der Waals surface area contributed by atoms with Gasteiger partial charge in [-0.25, -0.2) is 0 Å². The van der Waals surface area contributed by atoms with Crippen LogP contribution in [0.2, 0.25) is 5.02 Å². The zero-order chi connectivity index (χ0) is 18.8. The molecule has 0 saturated heterocycles. The first-order valence-electron chi connectivity index (χ1n) is 8.82. The number of amidine groups is 1. The highest BCUT2D eigenvalue weighted by Crippen LogP contribution is 2.29. The number of anilines is 2. The van der Waals surface area contributed by atoms with Gasteiger partial charge in [-0.1, -0.05) is 29.8 Å². The predicted molar refractivity (Wildman–Crippen MR) is 112 cm³/mol. The Hall–Kier alpha value is -2.98. The minimum Gasteiger partial charge on any atom is -0.457 e. The summed E-state index contributed by atoms with van der Waals surface area (Å²) in [4.78, 5) is 4.82. The average molecular weight is 378 g/mol. The van der Waals surface area contributed by atoms with Crippen molar-refractivity contribution >= 4 is 28.8 Å². The molecule has 3 aromatic carbocycles. The summed E-state index contributed by atoms with van der Waals surface area (Å²) in [5, 5.41) is 4.05. The topological polar surface area (TPSA) is 59.6 Å². The zero-order valence-corrected chi connectivity index (χ0v) is 15.7. The molecule has 136 valence electrons. The van der Waals surface area contributed by atoms with Gasteiger partial charge in [0.25, 0.3) is 0 Å². The Kier molecular flexibility index (Phi) is 4.73. The summed E-state index contributed by atoms with van der Waals surface area (Å²) < 4.78 is 5.84. The first-order chi connectivity index (χ1) is 13.1. The van der Waals surface area contributed by atoms with Crippen LogP contribution in [-0.4, -0.2) is 5.84 Å². The van der Waals surface area contributed by atoms with E-state index in [1.807, 2.05) is 66.7 Å². The number of hydrogen-bond donors (Lipinski definition) is 2. The van der Waals surface area contributed by atoms with Crippen LogP contribution in [0.15, 0.2) is 71.7 Å². The number of fused-ring (bicyclic) bond motifs is 1. The summed E-state index contributed by atoms with van der Waals surface area (Å²) in [6, 6.07) is 21.3. The molecule has 27 heavy (non-hydrogen) atoms. The lowest BCUT2D eigenvalue weighted by atomic mass is 10.1. The van der Waals surface area contributed by atoms with E-state index in [1.54, 1.807) is 0 Å². The summed E-state index contributed by atoms with van der Waals surface area (Å²) in [7, 11) is 0. The molecular weight excluding hydrogens is 358 g/mol. The first-order valence-corrected chi connectivity index (χ1v) is 9.20. The third-order valence-corrected chi connectivity index (χ3v) is 4.78. The molecule has 0 aliphatic carbocycles. The monoisotopic (exact) mass is 377 g/mol. The molecule has 0 aromatic heterocycles. The number of nitrogens with two attached hydrogens (primary N) is 1. The van der Waals surface area contributed by atoms with Gasteiger partial charge in [0.2, 0.25) is 0 Å². The maximum Gasteiger partial charge on any atom is 0.127 e. The second-order valence-electron chi connectivity index (χ2n) is 6.60. The fourth-order valence-corrected chi connectivity index (χ4v) is 3.21. The standard InChI is InChI=1S/C22H20ClN3O/c1-14(25-22-12-16-2-7-18(24)13-21(16)26-22)15-3-8-19(9-4-15)27-20-10-5-17(23)6-11-20/h2-11,13-14H,12,24H2,1H3,(H,25,26). The molecule has 1 unspecified atom stereocenters. The number of nitrogens with one attached hydrogen (secondary N) is 1. The number of nitrogens with zero attached hydrogens (tertiary/aromatic N) is 1. The van der Waals surface area contributed by atoms with Gasteiger partial charge < -0.3 is 15.8 Å². The van der Waals surface area contributed by atoms with Crippen LogP contribution in [0.5, 0.6) is 11.5 Å². The lowest BCUT2D eigenvalue weighted by Crippen LogP contribution is -2.08. The van der Waals surface area contributed by atoms with Crippen LogP contribution in [0, 0.1) is 0 Å². The largest absolute Gasteiger partial charge is 0.457 e. The van der Waals surface area contributed by atoms with Crippen molar-refractivity contribution in [1.82, 2.24) is 0 Å². The maximum absolute atomic E-state index is 5.90. The normalized spacial score (nSPS) is 15.3. The highest BCUT2D eigenvalue weighted by atomic mass is 35.5. The number of hydrogen-bond acceptors (Lipinski definition) is 3. The molecule has 0 saturated carbocycles. The number of aliphatic imine (C=N–C) groups is 1. The molecule has 3 N–H and O–H groups in total. The molecule has 1 atom stereocenters. The smallest absolute Gasteiger partial charge is 0.127 e. The van der Waals surface area contributed by atoms with Gasteiger partial charge in [-0.2, -0.15) is 0 Å². The molecular formula is C22H20ClN3O. The Labute approximate surface area is 163 Å². The van der Waals surface area contributed by atoms with Crippen LogP contribution < -0.4 is 15.8 Å². The minimum absolute atomic E-state index is 0.0451. The Bertz CT molecular complexity index is 981. The molecule has 4 rings (SSSR count). The van der Waals surface area contributed by atoms with Crippen molar-refractivity contribution in [2.75, 3.05) is 11.1 Å². The van der Waals surface area contributed by atoms with Gasteiger partial charge >= 0.3 is 0 Å². The summed E-state index contributed by atoms with van der Waals surface area (Å²) in [6.45, 7) is 2.08. The first kappa shape index (κ1) is 17.4. The SMILES string of the molecule is CC(N=C1Cc2ccc(N)cc2N1)c1ccc(Oc2ccc(Cl)cc2)cc1. The van der Waals surface area contributed by atoms with Crippen molar-refractivity contribution in [3.63, 3.8) is 0 Å². The van der Waals surface area contributed by atoms with Crippen LogP contribution in [0.1, 0.15) is 24.1 Å². The zero-order valence-electron chi connectivity index (χ0n) is 14.9. The second kappa shape index (κ2) is 7.33. The van der Waals surface area contributed by atoms with E-state index >= 15 is 0 Å². The molecule has 0 amide bonds. The molecule has 1 aliphatic heterocycles. The number of rotatable bonds is 4. The van der Waals surface area contributed by atoms with E-state index in [2.05, 4.69) is 12.2 Å². The lowest BCUT2D eigenvalue weighted by Gasteiger charge is -2.11.